The second kappa shape index (κ2) is 4.45. The van der Waals surface area contributed by atoms with Gasteiger partial charge in [0.1, 0.15) is 0 Å². The molecule has 3 heteroatoms. The number of ether oxygens (including phenoxy) is 1. The van der Waals surface area contributed by atoms with Gasteiger partial charge >= 0.3 is 0 Å². The number of hydrogen-bond acceptors (Lipinski definition) is 3. The molecule has 1 unspecified atom stereocenters. The van der Waals surface area contributed by atoms with Crippen molar-refractivity contribution in [2.75, 3.05) is 6.61 Å². The molecule has 1 aromatic rings. The second-order valence-electron chi connectivity index (χ2n) is 3.77. The molecule has 15 heavy (non-hydrogen) atoms. The van der Waals surface area contributed by atoms with Crippen LogP contribution in [-0.2, 0) is 4.74 Å². The summed E-state index contributed by atoms with van der Waals surface area (Å²) in [5, 5.41) is 12.1. The number of benzene rings is 1. The first-order chi connectivity index (χ1) is 7.33. The van der Waals surface area contributed by atoms with E-state index in [0.717, 1.165) is 30.6 Å². The minimum absolute atomic E-state index is 0.165. The highest BCUT2D eigenvalue weighted by atomic mass is 16.5. The van der Waals surface area contributed by atoms with Crippen LogP contribution in [0.5, 0.6) is 0 Å². The van der Waals surface area contributed by atoms with E-state index in [4.69, 9.17) is 9.94 Å². The van der Waals surface area contributed by atoms with E-state index in [1.165, 1.54) is 0 Å². The first kappa shape index (κ1) is 10.2. The molecule has 1 aliphatic rings. The number of nitrogens with zero attached hydrogens (tertiary/aromatic N) is 1. The Morgan fingerprint density at radius 3 is 2.93 bits per heavy atom. The van der Waals surface area contributed by atoms with Crippen LogP contribution in [0.4, 0.5) is 0 Å². The molecule has 1 atom stereocenters. The number of oxime groups is 1. The Morgan fingerprint density at radius 1 is 1.47 bits per heavy atom. The van der Waals surface area contributed by atoms with Crippen LogP contribution < -0.4 is 0 Å². The van der Waals surface area contributed by atoms with Crippen molar-refractivity contribution in [2.24, 2.45) is 5.16 Å². The molecule has 0 amide bonds. The Labute approximate surface area is 89.4 Å². The van der Waals surface area contributed by atoms with Gasteiger partial charge in [0.15, 0.2) is 0 Å². The number of rotatable bonds is 2. The van der Waals surface area contributed by atoms with Gasteiger partial charge in [-0.3, -0.25) is 0 Å². The molecule has 1 aliphatic heterocycles. The van der Waals surface area contributed by atoms with E-state index in [9.17, 15) is 0 Å². The van der Waals surface area contributed by atoms with Gasteiger partial charge in [-0.2, -0.15) is 0 Å². The first-order valence-corrected chi connectivity index (χ1v) is 5.22. The van der Waals surface area contributed by atoms with Gasteiger partial charge in [-0.05, 0) is 25.3 Å². The van der Waals surface area contributed by atoms with E-state index < -0.39 is 0 Å². The predicted octanol–water partition coefficient (Wildman–Crippen LogP) is 2.74. The molecule has 1 aromatic carbocycles. The first-order valence-electron chi connectivity index (χ1n) is 5.22. The van der Waals surface area contributed by atoms with Crippen LogP contribution in [0.2, 0.25) is 0 Å². The third kappa shape index (κ3) is 2.02. The zero-order chi connectivity index (χ0) is 10.7. The largest absolute Gasteiger partial charge is 0.411 e. The molecule has 0 bridgehead atoms. The zero-order valence-corrected chi connectivity index (χ0v) is 8.81. The maximum atomic E-state index is 8.80. The fourth-order valence-electron chi connectivity index (χ4n) is 1.98. The number of hydrogen-bond donors (Lipinski definition) is 1. The second-order valence-corrected chi connectivity index (χ2v) is 3.77. The molecule has 1 heterocycles. The molecule has 0 aliphatic carbocycles. The minimum atomic E-state index is 0.165. The highest BCUT2D eigenvalue weighted by Crippen LogP contribution is 2.30. The molecule has 1 fully saturated rings. The van der Waals surface area contributed by atoms with E-state index in [-0.39, 0.29) is 6.10 Å². The van der Waals surface area contributed by atoms with Crippen molar-refractivity contribution < 1.29 is 9.94 Å². The Bertz CT molecular complexity index is 368. The van der Waals surface area contributed by atoms with E-state index in [0.29, 0.717) is 5.71 Å². The summed E-state index contributed by atoms with van der Waals surface area (Å²) in [7, 11) is 0. The lowest BCUT2D eigenvalue weighted by Gasteiger charge is -2.14. The van der Waals surface area contributed by atoms with Crippen LogP contribution in [0.25, 0.3) is 0 Å². The smallest absolute Gasteiger partial charge is 0.0840 e. The van der Waals surface area contributed by atoms with E-state index >= 15 is 0 Å². The van der Waals surface area contributed by atoms with Gasteiger partial charge in [0.2, 0.25) is 0 Å². The summed E-state index contributed by atoms with van der Waals surface area (Å²) < 4.78 is 5.64. The van der Waals surface area contributed by atoms with Crippen LogP contribution in [0.15, 0.2) is 29.4 Å². The summed E-state index contributed by atoms with van der Waals surface area (Å²) in [6, 6.07) is 7.94. The summed E-state index contributed by atoms with van der Waals surface area (Å²) in [6.07, 6.45) is 2.32. The summed E-state index contributed by atoms with van der Waals surface area (Å²) in [5.74, 6) is 0. The van der Waals surface area contributed by atoms with Crippen LogP contribution >= 0.6 is 0 Å². The van der Waals surface area contributed by atoms with Crippen molar-refractivity contribution >= 4 is 5.71 Å². The molecule has 1 saturated heterocycles. The summed E-state index contributed by atoms with van der Waals surface area (Å²) >= 11 is 0. The molecule has 0 radical (unpaired) electrons. The van der Waals surface area contributed by atoms with Crippen molar-refractivity contribution in [3.8, 4) is 0 Å². The van der Waals surface area contributed by atoms with E-state index in [2.05, 4.69) is 5.16 Å². The van der Waals surface area contributed by atoms with Gasteiger partial charge in [0, 0.05) is 12.2 Å². The highest BCUT2D eigenvalue weighted by molar-refractivity contribution is 5.99. The van der Waals surface area contributed by atoms with Crippen molar-refractivity contribution in [2.45, 2.75) is 25.9 Å². The van der Waals surface area contributed by atoms with Crippen molar-refractivity contribution in [3.63, 3.8) is 0 Å². The fourth-order valence-corrected chi connectivity index (χ4v) is 1.98. The van der Waals surface area contributed by atoms with Crippen LogP contribution in [0.3, 0.4) is 0 Å². The Hall–Kier alpha value is -1.35. The average molecular weight is 205 g/mol. The maximum absolute atomic E-state index is 8.80. The van der Waals surface area contributed by atoms with Crippen molar-refractivity contribution in [1.29, 1.82) is 0 Å². The molecule has 1 N–H and O–H groups in total. The van der Waals surface area contributed by atoms with Crippen LogP contribution in [0.1, 0.15) is 37.0 Å². The lowest BCUT2D eigenvalue weighted by atomic mass is 9.98. The van der Waals surface area contributed by atoms with Gasteiger partial charge < -0.3 is 9.94 Å². The monoisotopic (exact) mass is 205 g/mol. The molecule has 2 rings (SSSR count). The quantitative estimate of drug-likeness (QED) is 0.458. The van der Waals surface area contributed by atoms with Crippen LogP contribution in [-0.4, -0.2) is 17.5 Å². The third-order valence-corrected chi connectivity index (χ3v) is 2.78. The van der Waals surface area contributed by atoms with Crippen LogP contribution in [0, 0.1) is 0 Å². The normalized spacial score (nSPS) is 21.9. The van der Waals surface area contributed by atoms with E-state index in [1.54, 1.807) is 6.92 Å². The predicted molar refractivity (Wildman–Crippen MR) is 58.4 cm³/mol. The summed E-state index contributed by atoms with van der Waals surface area (Å²) in [6.45, 7) is 2.63. The average Bonchev–Trinajstić information content (AvgIpc) is 2.81. The molecular formula is C12H15NO2. The van der Waals surface area contributed by atoms with Gasteiger partial charge in [0.05, 0.1) is 11.8 Å². The van der Waals surface area contributed by atoms with Crippen molar-refractivity contribution in [1.82, 2.24) is 0 Å². The standard InChI is InChI=1S/C12H15NO2/c1-9(13-14)10-5-2-3-6-11(10)12-7-4-8-15-12/h2-3,5-6,12,14H,4,7-8H2,1H3. The third-order valence-electron chi connectivity index (χ3n) is 2.78. The topological polar surface area (TPSA) is 41.8 Å². The lowest BCUT2D eigenvalue weighted by Crippen LogP contribution is -2.05. The van der Waals surface area contributed by atoms with Gasteiger partial charge in [0.25, 0.3) is 0 Å². The summed E-state index contributed by atoms with van der Waals surface area (Å²) in [5.41, 5.74) is 2.75. The molecule has 0 aromatic heterocycles. The zero-order valence-electron chi connectivity index (χ0n) is 8.81. The fraction of sp³-hybridized carbons (Fsp3) is 0.417. The lowest BCUT2D eigenvalue weighted by molar-refractivity contribution is 0.112. The Morgan fingerprint density at radius 2 is 2.27 bits per heavy atom. The van der Waals surface area contributed by atoms with Gasteiger partial charge in [-0.25, -0.2) is 0 Å². The maximum Gasteiger partial charge on any atom is 0.0840 e. The SMILES string of the molecule is CC(=NO)c1ccccc1C1CCCO1. The van der Waals surface area contributed by atoms with Gasteiger partial charge in [-0.15, -0.1) is 0 Å². The molecule has 0 saturated carbocycles. The highest BCUT2D eigenvalue weighted by Gasteiger charge is 2.20. The van der Waals surface area contributed by atoms with Gasteiger partial charge in [-0.1, -0.05) is 29.4 Å². The Balaban J connectivity index is 2.37. The Kier molecular flexibility index (Phi) is 3.02. The minimum Gasteiger partial charge on any atom is -0.411 e. The molecule has 3 nitrogen and oxygen atoms in total. The molecular weight excluding hydrogens is 190 g/mol. The van der Waals surface area contributed by atoms with E-state index in [1.807, 2.05) is 24.3 Å². The van der Waals surface area contributed by atoms with Crippen molar-refractivity contribution in [3.05, 3.63) is 35.4 Å². The molecule has 0 spiro atoms. The molecule has 80 valence electrons. The summed E-state index contributed by atoms with van der Waals surface area (Å²) in [4.78, 5) is 0.